The SMILES string of the molecule is O=C1CCCCC=CCC(CC(=O)N2Cc3ccccc3CC2CO)C(=O)NC(C(=O)OCc2ccccc2)CO1. The zero-order chi connectivity index (χ0) is 29.0. The van der Waals surface area contributed by atoms with Gasteiger partial charge in [0.05, 0.1) is 18.6 Å². The number of nitrogens with one attached hydrogen (secondary N) is 1. The van der Waals surface area contributed by atoms with Crippen molar-refractivity contribution in [3.8, 4) is 0 Å². The number of amides is 2. The number of carbonyl (C=O) groups is 4. The van der Waals surface area contributed by atoms with E-state index in [1.807, 2.05) is 66.7 Å². The lowest BCUT2D eigenvalue weighted by Crippen LogP contribution is -2.50. The fraction of sp³-hybridized carbons (Fsp3) is 0.438. The summed E-state index contributed by atoms with van der Waals surface area (Å²) < 4.78 is 10.8. The van der Waals surface area contributed by atoms with Crippen LogP contribution in [0.4, 0.5) is 0 Å². The number of rotatable bonds is 6. The van der Waals surface area contributed by atoms with Crippen molar-refractivity contribution in [1.29, 1.82) is 0 Å². The van der Waals surface area contributed by atoms with E-state index >= 15 is 0 Å². The van der Waals surface area contributed by atoms with Crippen molar-refractivity contribution < 1.29 is 33.8 Å². The Labute approximate surface area is 240 Å². The number of aliphatic hydroxyl groups is 1. The van der Waals surface area contributed by atoms with Crippen LogP contribution >= 0.6 is 0 Å². The maximum absolute atomic E-state index is 13.5. The average molecular weight is 563 g/mol. The van der Waals surface area contributed by atoms with Gasteiger partial charge in [0.1, 0.15) is 13.2 Å². The molecule has 2 heterocycles. The molecule has 2 aromatic rings. The molecule has 2 N–H and O–H groups in total. The summed E-state index contributed by atoms with van der Waals surface area (Å²) in [4.78, 5) is 53.9. The van der Waals surface area contributed by atoms with Crippen molar-refractivity contribution in [1.82, 2.24) is 10.2 Å². The highest BCUT2D eigenvalue weighted by Crippen LogP contribution is 2.25. The largest absolute Gasteiger partial charge is 0.463 e. The Morgan fingerprint density at radius 2 is 1.76 bits per heavy atom. The minimum atomic E-state index is -1.22. The molecule has 2 aliphatic heterocycles. The topological polar surface area (TPSA) is 122 Å². The number of allylic oxidation sites excluding steroid dienone is 2. The number of hydrogen-bond donors (Lipinski definition) is 2. The van der Waals surface area contributed by atoms with Crippen LogP contribution in [0.25, 0.3) is 0 Å². The van der Waals surface area contributed by atoms with Crippen LogP contribution in [0, 0.1) is 5.92 Å². The maximum Gasteiger partial charge on any atom is 0.332 e. The predicted octanol–water partition coefficient (Wildman–Crippen LogP) is 3.23. The smallest absolute Gasteiger partial charge is 0.332 e. The molecule has 0 radical (unpaired) electrons. The Hall–Kier alpha value is -3.98. The molecular formula is C32H38N2O7. The Bertz CT molecular complexity index is 1230. The van der Waals surface area contributed by atoms with E-state index < -0.39 is 29.8 Å². The molecule has 9 nitrogen and oxygen atoms in total. The average Bonchev–Trinajstić information content (AvgIpc) is 2.99. The van der Waals surface area contributed by atoms with Gasteiger partial charge in [-0.15, -0.1) is 0 Å². The number of cyclic esters (lactones) is 1. The van der Waals surface area contributed by atoms with Crippen molar-refractivity contribution in [2.45, 2.75) is 70.2 Å². The Morgan fingerprint density at radius 3 is 2.54 bits per heavy atom. The van der Waals surface area contributed by atoms with Gasteiger partial charge in [0, 0.05) is 19.4 Å². The number of carbonyl (C=O) groups excluding carboxylic acids is 4. The van der Waals surface area contributed by atoms with Crippen molar-refractivity contribution >= 4 is 23.8 Å². The van der Waals surface area contributed by atoms with Gasteiger partial charge in [0.25, 0.3) is 0 Å². The summed E-state index contributed by atoms with van der Waals surface area (Å²) in [5.41, 5.74) is 2.89. The third kappa shape index (κ3) is 8.75. The number of nitrogens with zero attached hydrogens (tertiary/aromatic N) is 1. The van der Waals surface area contributed by atoms with Gasteiger partial charge in [0.2, 0.25) is 11.8 Å². The number of aliphatic hydroxyl groups excluding tert-OH is 1. The highest BCUT2D eigenvalue weighted by molar-refractivity contribution is 5.89. The highest BCUT2D eigenvalue weighted by Gasteiger charge is 2.33. The maximum atomic E-state index is 13.5. The molecule has 2 aromatic carbocycles. The van der Waals surface area contributed by atoms with E-state index in [9.17, 15) is 24.3 Å². The van der Waals surface area contributed by atoms with E-state index in [0.29, 0.717) is 25.8 Å². The van der Waals surface area contributed by atoms with Gasteiger partial charge in [0.15, 0.2) is 6.04 Å². The lowest BCUT2D eigenvalue weighted by atomic mass is 9.92. The summed E-state index contributed by atoms with van der Waals surface area (Å²) in [7, 11) is 0. The minimum Gasteiger partial charge on any atom is -0.463 e. The number of hydrogen-bond acceptors (Lipinski definition) is 7. The van der Waals surface area contributed by atoms with Crippen LogP contribution in [0.1, 0.15) is 55.2 Å². The van der Waals surface area contributed by atoms with Crippen LogP contribution in [0.2, 0.25) is 0 Å². The standard InChI is InChI=1S/C32H38N2O7/c35-20-27-17-24-13-9-10-15-26(24)19-34(27)29(36)18-25-14-7-2-1-3-8-16-30(37)40-22-28(33-31(25)38)32(39)41-21-23-11-5-4-6-12-23/h2,4-7,9-13,15,25,27-28,35H,1,3,8,14,16-22H2,(H,33,38). The molecule has 0 aromatic heterocycles. The molecule has 2 amide bonds. The molecule has 218 valence electrons. The number of ether oxygens (including phenoxy) is 2. The summed E-state index contributed by atoms with van der Waals surface area (Å²) in [5, 5.41) is 12.7. The third-order valence-electron chi connectivity index (χ3n) is 7.50. The molecule has 2 aliphatic rings. The Kier molecular flexibility index (Phi) is 11.1. The van der Waals surface area contributed by atoms with Gasteiger partial charge in [-0.25, -0.2) is 4.79 Å². The number of esters is 2. The third-order valence-corrected chi connectivity index (χ3v) is 7.50. The lowest BCUT2D eigenvalue weighted by molar-refractivity contribution is -0.155. The zero-order valence-electron chi connectivity index (χ0n) is 23.2. The molecule has 0 saturated heterocycles. The van der Waals surface area contributed by atoms with Crippen LogP contribution < -0.4 is 5.32 Å². The Morgan fingerprint density at radius 1 is 1.00 bits per heavy atom. The van der Waals surface area contributed by atoms with Crippen molar-refractivity contribution in [3.63, 3.8) is 0 Å². The molecule has 0 saturated carbocycles. The van der Waals surface area contributed by atoms with Gasteiger partial charge in [-0.3, -0.25) is 14.4 Å². The summed E-state index contributed by atoms with van der Waals surface area (Å²) in [6, 6.07) is 15.3. The van der Waals surface area contributed by atoms with Gasteiger partial charge < -0.3 is 24.8 Å². The summed E-state index contributed by atoms with van der Waals surface area (Å²) in [6.45, 7) is -0.180. The monoisotopic (exact) mass is 562 g/mol. The molecule has 0 spiro atoms. The molecule has 0 bridgehead atoms. The van der Waals surface area contributed by atoms with E-state index in [1.54, 1.807) is 4.90 Å². The van der Waals surface area contributed by atoms with E-state index in [-0.39, 0.29) is 44.6 Å². The first-order valence-corrected chi connectivity index (χ1v) is 14.2. The van der Waals surface area contributed by atoms with Crippen LogP contribution in [-0.2, 0) is 48.2 Å². The second kappa shape index (κ2) is 15.1. The fourth-order valence-electron chi connectivity index (χ4n) is 5.10. The second-order valence-corrected chi connectivity index (χ2v) is 10.5. The second-order valence-electron chi connectivity index (χ2n) is 10.5. The first-order chi connectivity index (χ1) is 19.9. The molecule has 4 rings (SSSR count). The molecule has 41 heavy (non-hydrogen) atoms. The fourth-order valence-corrected chi connectivity index (χ4v) is 5.10. The summed E-state index contributed by atoms with van der Waals surface area (Å²) in [5.74, 6) is -2.69. The molecule has 3 atom stereocenters. The van der Waals surface area contributed by atoms with Gasteiger partial charge >= 0.3 is 11.9 Å². The number of fused-ring (bicyclic) bond motifs is 1. The molecule has 9 heteroatoms. The van der Waals surface area contributed by atoms with E-state index in [0.717, 1.165) is 29.5 Å². The van der Waals surface area contributed by atoms with Crippen molar-refractivity contribution in [2.24, 2.45) is 5.92 Å². The highest BCUT2D eigenvalue weighted by atomic mass is 16.6. The van der Waals surface area contributed by atoms with E-state index in [2.05, 4.69) is 5.32 Å². The molecular weight excluding hydrogens is 524 g/mol. The zero-order valence-corrected chi connectivity index (χ0v) is 23.2. The van der Waals surface area contributed by atoms with Gasteiger partial charge in [-0.05, 0) is 48.8 Å². The lowest BCUT2D eigenvalue weighted by Gasteiger charge is -2.36. The Balaban J connectivity index is 1.48. The normalized spacial score (nSPS) is 22.1. The van der Waals surface area contributed by atoms with Crippen LogP contribution in [0.15, 0.2) is 66.7 Å². The van der Waals surface area contributed by atoms with E-state index in [1.165, 1.54) is 0 Å². The predicted molar refractivity (Wildman–Crippen MR) is 151 cm³/mol. The first kappa shape index (κ1) is 30.0. The van der Waals surface area contributed by atoms with Crippen LogP contribution in [0.5, 0.6) is 0 Å². The van der Waals surface area contributed by atoms with Crippen molar-refractivity contribution in [2.75, 3.05) is 13.2 Å². The van der Waals surface area contributed by atoms with Gasteiger partial charge in [-0.2, -0.15) is 0 Å². The minimum absolute atomic E-state index is 0.00360. The van der Waals surface area contributed by atoms with Crippen LogP contribution in [0.3, 0.4) is 0 Å². The molecule has 0 fully saturated rings. The quantitative estimate of drug-likeness (QED) is 0.410. The first-order valence-electron chi connectivity index (χ1n) is 14.2. The summed E-state index contributed by atoms with van der Waals surface area (Å²) >= 11 is 0. The summed E-state index contributed by atoms with van der Waals surface area (Å²) in [6.07, 6.45) is 6.93. The molecule has 3 unspecified atom stereocenters. The van der Waals surface area contributed by atoms with Crippen LogP contribution in [-0.4, -0.2) is 59.1 Å². The van der Waals surface area contributed by atoms with Crippen molar-refractivity contribution in [3.05, 3.63) is 83.4 Å². The molecule has 0 aliphatic carbocycles. The van der Waals surface area contributed by atoms with E-state index in [4.69, 9.17) is 9.47 Å². The van der Waals surface area contributed by atoms with Gasteiger partial charge in [-0.1, -0.05) is 66.7 Å². The number of benzene rings is 2.